The Labute approximate surface area is 116 Å². The van der Waals surface area contributed by atoms with E-state index in [1.807, 2.05) is 36.7 Å². The first-order chi connectivity index (χ1) is 8.78. The summed E-state index contributed by atoms with van der Waals surface area (Å²) in [4.78, 5) is 9.69. The molecule has 0 saturated carbocycles. The second kappa shape index (κ2) is 6.73. The molecule has 2 aromatic rings. The van der Waals surface area contributed by atoms with Gasteiger partial charge >= 0.3 is 0 Å². The van der Waals surface area contributed by atoms with Crippen LogP contribution in [0.5, 0.6) is 0 Å². The summed E-state index contributed by atoms with van der Waals surface area (Å²) in [5.74, 6) is 0. The van der Waals surface area contributed by atoms with Gasteiger partial charge in [-0.25, -0.2) is 9.97 Å². The van der Waals surface area contributed by atoms with Gasteiger partial charge in [0.05, 0.1) is 0 Å². The van der Waals surface area contributed by atoms with E-state index < -0.39 is 0 Å². The van der Waals surface area contributed by atoms with Crippen LogP contribution in [0.3, 0.4) is 0 Å². The summed E-state index contributed by atoms with van der Waals surface area (Å²) < 4.78 is 0. The molecule has 1 N–H and O–H groups in total. The van der Waals surface area contributed by atoms with Crippen molar-refractivity contribution in [1.29, 1.82) is 0 Å². The molecule has 0 bridgehead atoms. The fourth-order valence-electron chi connectivity index (χ4n) is 1.39. The Kier molecular flexibility index (Phi) is 4.99. The van der Waals surface area contributed by atoms with Gasteiger partial charge in [-0.3, -0.25) is 0 Å². The molecule has 0 aliphatic heterocycles. The van der Waals surface area contributed by atoms with E-state index in [4.69, 9.17) is 11.6 Å². The van der Waals surface area contributed by atoms with E-state index >= 15 is 0 Å². The van der Waals surface area contributed by atoms with Crippen LogP contribution in [-0.4, -0.2) is 16.5 Å². The van der Waals surface area contributed by atoms with Crippen molar-refractivity contribution in [3.8, 4) is 0 Å². The standard InChI is InChI=1S/C13H14ClN3S/c1-2-15-7-10-8-16-13(17-9-10)18-12-5-3-4-11(14)6-12/h3-6,8-9,15H,2,7H2,1H3. The van der Waals surface area contributed by atoms with Crippen molar-refractivity contribution >= 4 is 23.4 Å². The molecular formula is C13H14ClN3S. The van der Waals surface area contributed by atoms with Gasteiger partial charge in [-0.05, 0) is 36.5 Å². The van der Waals surface area contributed by atoms with Crippen LogP contribution in [0.15, 0.2) is 46.7 Å². The number of hydrogen-bond donors (Lipinski definition) is 1. The molecule has 5 heteroatoms. The lowest BCUT2D eigenvalue weighted by molar-refractivity contribution is 0.716. The van der Waals surface area contributed by atoms with Crippen LogP contribution in [0.2, 0.25) is 5.02 Å². The van der Waals surface area contributed by atoms with Crippen molar-refractivity contribution < 1.29 is 0 Å². The van der Waals surface area contributed by atoms with Crippen LogP contribution in [0.25, 0.3) is 0 Å². The summed E-state index contributed by atoms with van der Waals surface area (Å²) in [6.45, 7) is 3.82. The lowest BCUT2D eigenvalue weighted by Crippen LogP contribution is -2.12. The fourth-order valence-corrected chi connectivity index (χ4v) is 2.40. The summed E-state index contributed by atoms with van der Waals surface area (Å²) in [7, 11) is 0. The van der Waals surface area contributed by atoms with Gasteiger partial charge in [0.15, 0.2) is 5.16 Å². The second-order valence-electron chi connectivity index (χ2n) is 3.71. The average molecular weight is 280 g/mol. The average Bonchev–Trinajstić information content (AvgIpc) is 2.38. The Hall–Kier alpha value is -1.10. The molecule has 0 fully saturated rings. The highest BCUT2D eigenvalue weighted by molar-refractivity contribution is 7.99. The molecule has 0 saturated heterocycles. The van der Waals surface area contributed by atoms with Crippen LogP contribution in [-0.2, 0) is 6.54 Å². The molecule has 1 heterocycles. The molecule has 18 heavy (non-hydrogen) atoms. The summed E-state index contributed by atoms with van der Waals surface area (Å²) in [6.07, 6.45) is 3.70. The molecule has 0 unspecified atom stereocenters. The first kappa shape index (κ1) is 13.3. The van der Waals surface area contributed by atoms with Crippen molar-refractivity contribution in [2.24, 2.45) is 0 Å². The molecule has 3 nitrogen and oxygen atoms in total. The zero-order valence-electron chi connectivity index (χ0n) is 10.1. The molecule has 0 aliphatic rings. The molecule has 94 valence electrons. The van der Waals surface area contributed by atoms with Crippen molar-refractivity contribution in [2.45, 2.75) is 23.5 Å². The molecule has 0 aliphatic carbocycles. The molecule has 1 aromatic carbocycles. The summed E-state index contributed by atoms with van der Waals surface area (Å²) in [6, 6.07) is 7.67. The van der Waals surface area contributed by atoms with Gasteiger partial charge < -0.3 is 5.32 Å². The van der Waals surface area contributed by atoms with Gasteiger partial charge in [-0.1, -0.05) is 24.6 Å². The summed E-state index contributed by atoms with van der Waals surface area (Å²) in [5, 5.41) is 4.70. The van der Waals surface area contributed by atoms with E-state index in [2.05, 4.69) is 22.2 Å². The Balaban J connectivity index is 2.02. The lowest BCUT2D eigenvalue weighted by Gasteiger charge is -2.03. The monoisotopic (exact) mass is 279 g/mol. The third-order valence-corrected chi connectivity index (χ3v) is 3.38. The first-order valence-electron chi connectivity index (χ1n) is 5.73. The lowest BCUT2D eigenvalue weighted by atomic mass is 10.3. The highest BCUT2D eigenvalue weighted by Gasteiger charge is 2.01. The maximum atomic E-state index is 5.93. The van der Waals surface area contributed by atoms with E-state index in [-0.39, 0.29) is 0 Å². The van der Waals surface area contributed by atoms with Gasteiger partial charge in [0, 0.05) is 34.4 Å². The van der Waals surface area contributed by atoms with E-state index in [1.165, 1.54) is 11.8 Å². The quantitative estimate of drug-likeness (QED) is 0.852. The Morgan fingerprint density at radius 2 is 2.06 bits per heavy atom. The van der Waals surface area contributed by atoms with Crippen molar-refractivity contribution in [2.75, 3.05) is 6.54 Å². The van der Waals surface area contributed by atoms with E-state index in [9.17, 15) is 0 Å². The minimum atomic E-state index is 0.726. The number of benzene rings is 1. The molecule has 0 atom stereocenters. The molecular weight excluding hydrogens is 266 g/mol. The highest BCUT2D eigenvalue weighted by atomic mass is 35.5. The van der Waals surface area contributed by atoms with Crippen LogP contribution in [0.1, 0.15) is 12.5 Å². The topological polar surface area (TPSA) is 37.8 Å². The van der Waals surface area contributed by atoms with Gasteiger partial charge in [0.1, 0.15) is 0 Å². The Morgan fingerprint density at radius 3 is 2.72 bits per heavy atom. The van der Waals surface area contributed by atoms with Gasteiger partial charge in [0.25, 0.3) is 0 Å². The van der Waals surface area contributed by atoms with Crippen LogP contribution in [0, 0.1) is 0 Å². The van der Waals surface area contributed by atoms with Crippen LogP contribution in [0.4, 0.5) is 0 Å². The second-order valence-corrected chi connectivity index (χ2v) is 5.19. The minimum Gasteiger partial charge on any atom is -0.313 e. The number of hydrogen-bond acceptors (Lipinski definition) is 4. The summed E-state index contributed by atoms with van der Waals surface area (Å²) >= 11 is 7.44. The van der Waals surface area contributed by atoms with Crippen LogP contribution < -0.4 is 5.32 Å². The maximum Gasteiger partial charge on any atom is 0.192 e. The predicted octanol–water partition coefficient (Wildman–Crippen LogP) is 3.39. The molecule has 1 aromatic heterocycles. The third-order valence-electron chi connectivity index (χ3n) is 2.27. The van der Waals surface area contributed by atoms with Gasteiger partial charge in [-0.2, -0.15) is 0 Å². The molecule has 0 amide bonds. The van der Waals surface area contributed by atoms with Gasteiger partial charge in [0.2, 0.25) is 0 Å². The maximum absolute atomic E-state index is 5.93. The Morgan fingerprint density at radius 1 is 1.28 bits per heavy atom. The first-order valence-corrected chi connectivity index (χ1v) is 6.92. The zero-order valence-corrected chi connectivity index (χ0v) is 11.6. The van der Waals surface area contributed by atoms with Gasteiger partial charge in [-0.15, -0.1) is 0 Å². The number of nitrogens with one attached hydrogen (secondary N) is 1. The SMILES string of the molecule is CCNCc1cnc(Sc2cccc(Cl)c2)nc1. The van der Waals surface area contributed by atoms with E-state index in [1.54, 1.807) is 0 Å². The van der Waals surface area contributed by atoms with E-state index in [0.29, 0.717) is 0 Å². The normalized spacial score (nSPS) is 10.6. The van der Waals surface area contributed by atoms with Crippen molar-refractivity contribution in [3.63, 3.8) is 0 Å². The fraction of sp³-hybridized carbons (Fsp3) is 0.231. The third kappa shape index (κ3) is 3.98. The van der Waals surface area contributed by atoms with Crippen molar-refractivity contribution in [1.82, 2.24) is 15.3 Å². The van der Waals surface area contributed by atoms with Crippen molar-refractivity contribution in [3.05, 3.63) is 47.2 Å². The smallest absolute Gasteiger partial charge is 0.192 e. The largest absolute Gasteiger partial charge is 0.313 e. The Bertz CT molecular complexity index is 502. The molecule has 0 radical (unpaired) electrons. The highest BCUT2D eigenvalue weighted by Crippen LogP contribution is 2.26. The number of aromatic nitrogens is 2. The molecule has 0 spiro atoms. The molecule has 2 rings (SSSR count). The number of nitrogens with zero attached hydrogens (tertiary/aromatic N) is 2. The van der Waals surface area contributed by atoms with Crippen LogP contribution >= 0.6 is 23.4 Å². The predicted molar refractivity (Wildman–Crippen MR) is 75.0 cm³/mol. The number of halogens is 1. The summed E-state index contributed by atoms with van der Waals surface area (Å²) in [5.41, 5.74) is 1.09. The van der Waals surface area contributed by atoms with E-state index in [0.717, 1.165) is 33.7 Å². The minimum absolute atomic E-state index is 0.726. The number of rotatable bonds is 5. The zero-order chi connectivity index (χ0) is 12.8.